The van der Waals surface area contributed by atoms with Crippen LogP contribution in [0.15, 0.2) is 5.16 Å². The van der Waals surface area contributed by atoms with Crippen LogP contribution in [-0.4, -0.2) is 59.5 Å². The van der Waals surface area contributed by atoms with Gasteiger partial charge in [0.2, 0.25) is 5.91 Å². The van der Waals surface area contributed by atoms with Gasteiger partial charge in [-0.15, -0.1) is 0 Å². The van der Waals surface area contributed by atoms with Gasteiger partial charge in [0.1, 0.15) is 5.84 Å². The second-order valence-corrected chi connectivity index (χ2v) is 3.58. The Morgan fingerprint density at radius 3 is 2.47 bits per heavy atom. The maximum absolute atomic E-state index is 11.6. The minimum absolute atomic E-state index is 0.00260. The average molecular weight is 214 g/mol. The smallest absolute Gasteiger partial charge is 0.230 e. The Labute approximate surface area is 89.3 Å². The molecule has 6 heteroatoms. The normalized spacial score (nSPS) is 19.3. The number of amidine groups is 1. The van der Waals surface area contributed by atoms with E-state index in [1.165, 1.54) is 0 Å². The number of oxime groups is 1. The number of hydrogen-bond donors (Lipinski definition) is 2. The molecule has 1 aliphatic heterocycles. The molecule has 0 saturated carbocycles. The van der Waals surface area contributed by atoms with Crippen LogP contribution in [-0.2, 0) is 4.79 Å². The number of amides is 1. The zero-order chi connectivity index (χ0) is 11.3. The molecule has 0 aromatic carbocycles. The summed E-state index contributed by atoms with van der Waals surface area (Å²) in [6.07, 6.45) is 0.00260. The van der Waals surface area contributed by atoms with Crippen LogP contribution in [0.3, 0.4) is 0 Å². The Balaban J connectivity index is 2.36. The van der Waals surface area contributed by atoms with Crippen LogP contribution in [0.25, 0.3) is 0 Å². The van der Waals surface area contributed by atoms with Crippen molar-refractivity contribution in [2.24, 2.45) is 10.9 Å². The van der Waals surface area contributed by atoms with Crippen molar-refractivity contribution in [1.29, 1.82) is 0 Å². The maximum Gasteiger partial charge on any atom is 0.230 e. The number of carbonyl (C=O) groups is 1. The number of carbonyl (C=O) groups excluding carboxylic acids is 1. The Bertz CT molecular complexity index is 246. The Kier molecular flexibility index (Phi) is 4.36. The van der Waals surface area contributed by atoms with Crippen molar-refractivity contribution in [2.75, 3.05) is 32.7 Å². The summed E-state index contributed by atoms with van der Waals surface area (Å²) in [5.41, 5.74) is 5.28. The fraction of sp³-hybridized carbons (Fsp3) is 0.778. The van der Waals surface area contributed by atoms with Crippen molar-refractivity contribution in [1.82, 2.24) is 9.80 Å². The molecule has 0 bridgehead atoms. The largest absolute Gasteiger partial charge is 0.409 e. The first-order valence-electron chi connectivity index (χ1n) is 5.14. The zero-order valence-electron chi connectivity index (χ0n) is 9.02. The summed E-state index contributed by atoms with van der Waals surface area (Å²) in [6.45, 7) is 6.38. The van der Waals surface area contributed by atoms with Crippen molar-refractivity contribution in [3.05, 3.63) is 0 Å². The van der Waals surface area contributed by atoms with E-state index >= 15 is 0 Å². The highest BCUT2D eigenvalue weighted by Crippen LogP contribution is 2.03. The molecule has 6 nitrogen and oxygen atoms in total. The first kappa shape index (κ1) is 11.8. The van der Waals surface area contributed by atoms with E-state index < -0.39 is 0 Å². The van der Waals surface area contributed by atoms with Crippen LogP contribution in [0.1, 0.15) is 13.3 Å². The molecule has 0 aliphatic carbocycles. The topological polar surface area (TPSA) is 82.2 Å². The third-order valence-corrected chi connectivity index (χ3v) is 2.63. The van der Waals surface area contributed by atoms with E-state index in [-0.39, 0.29) is 18.2 Å². The van der Waals surface area contributed by atoms with E-state index in [1.807, 2.05) is 0 Å². The molecular weight excluding hydrogens is 196 g/mol. The summed E-state index contributed by atoms with van der Waals surface area (Å²) >= 11 is 0. The van der Waals surface area contributed by atoms with E-state index in [0.29, 0.717) is 0 Å². The van der Waals surface area contributed by atoms with E-state index in [4.69, 9.17) is 10.9 Å². The second-order valence-electron chi connectivity index (χ2n) is 3.58. The molecule has 0 spiro atoms. The lowest BCUT2D eigenvalue weighted by atomic mass is 10.2. The molecule has 1 amide bonds. The van der Waals surface area contributed by atoms with Crippen LogP contribution in [0.2, 0.25) is 0 Å². The minimum atomic E-state index is -0.0685. The minimum Gasteiger partial charge on any atom is -0.409 e. The summed E-state index contributed by atoms with van der Waals surface area (Å²) in [6, 6.07) is 0. The molecule has 0 unspecified atom stereocenters. The molecule has 86 valence electrons. The molecule has 1 aliphatic rings. The number of rotatable bonds is 3. The van der Waals surface area contributed by atoms with Gasteiger partial charge >= 0.3 is 0 Å². The van der Waals surface area contributed by atoms with Crippen LogP contribution >= 0.6 is 0 Å². The summed E-state index contributed by atoms with van der Waals surface area (Å²) in [5.74, 6) is -0.0982. The molecule has 0 aromatic heterocycles. The van der Waals surface area contributed by atoms with Gasteiger partial charge in [0.05, 0.1) is 6.42 Å². The molecule has 0 atom stereocenters. The van der Waals surface area contributed by atoms with E-state index in [1.54, 1.807) is 4.90 Å². The maximum atomic E-state index is 11.6. The van der Waals surface area contributed by atoms with Crippen molar-refractivity contribution >= 4 is 11.7 Å². The quantitative estimate of drug-likeness (QED) is 0.281. The molecule has 0 aromatic rings. The highest BCUT2D eigenvalue weighted by atomic mass is 16.4. The van der Waals surface area contributed by atoms with Gasteiger partial charge in [-0.2, -0.15) is 0 Å². The molecule has 1 fully saturated rings. The predicted octanol–water partition coefficient (Wildman–Crippen LogP) is -0.713. The molecule has 1 heterocycles. The SMILES string of the molecule is CCN1CCN(C(=O)C/C(N)=N/O)CC1. The highest BCUT2D eigenvalue weighted by molar-refractivity contribution is 5.98. The second kappa shape index (κ2) is 5.55. The summed E-state index contributed by atoms with van der Waals surface area (Å²) in [4.78, 5) is 15.6. The van der Waals surface area contributed by atoms with Crippen molar-refractivity contribution < 1.29 is 10.0 Å². The molecular formula is C9H18N4O2. The fourth-order valence-electron chi connectivity index (χ4n) is 1.62. The van der Waals surface area contributed by atoms with Gasteiger partial charge < -0.3 is 20.7 Å². The van der Waals surface area contributed by atoms with Gasteiger partial charge in [-0.05, 0) is 6.54 Å². The third-order valence-electron chi connectivity index (χ3n) is 2.63. The Morgan fingerprint density at radius 1 is 1.40 bits per heavy atom. The first-order valence-corrected chi connectivity index (χ1v) is 5.14. The molecule has 3 N–H and O–H groups in total. The van der Waals surface area contributed by atoms with E-state index in [9.17, 15) is 4.79 Å². The predicted molar refractivity (Wildman–Crippen MR) is 56.7 cm³/mol. The monoisotopic (exact) mass is 214 g/mol. The summed E-state index contributed by atoms with van der Waals surface area (Å²) in [7, 11) is 0. The average Bonchev–Trinajstić information content (AvgIpc) is 2.29. The van der Waals surface area contributed by atoms with Gasteiger partial charge in [-0.1, -0.05) is 12.1 Å². The lowest BCUT2D eigenvalue weighted by Gasteiger charge is -2.33. The van der Waals surface area contributed by atoms with Crippen molar-refractivity contribution in [2.45, 2.75) is 13.3 Å². The molecule has 1 rings (SSSR count). The number of nitrogens with two attached hydrogens (primary N) is 1. The van der Waals surface area contributed by atoms with Gasteiger partial charge in [0, 0.05) is 26.2 Å². The number of nitrogens with zero attached hydrogens (tertiary/aromatic N) is 3. The lowest BCUT2D eigenvalue weighted by molar-refractivity contribution is -0.131. The number of piperazine rings is 1. The lowest BCUT2D eigenvalue weighted by Crippen LogP contribution is -2.49. The van der Waals surface area contributed by atoms with Gasteiger partial charge in [-0.3, -0.25) is 4.79 Å². The highest BCUT2D eigenvalue weighted by Gasteiger charge is 2.20. The standard InChI is InChI=1S/C9H18N4O2/c1-2-12-3-5-13(6-4-12)9(14)7-8(10)11-15/h15H,2-7H2,1H3,(H2,10,11). The van der Waals surface area contributed by atoms with Crippen LogP contribution in [0.5, 0.6) is 0 Å². The Morgan fingerprint density at radius 2 is 2.00 bits per heavy atom. The van der Waals surface area contributed by atoms with Crippen LogP contribution in [0.4, 0.5) is 0 Å². The van der Waals surface area contributed by atoms with Crippen molar-refractivity contribution in [3.63, 3.8) is 0 Å². The first-order chi connectivity index (χ1) is 7.17. The molecule has 0 radical (unpaired) electrons. The molecule has 1 saturated heterocycles. The van der Waals surface area contributed by atoms with Gasteiger partial charge in [0.25, 0.3) is 0 Å². The van der Waals surface area contributed by atoms with Crippen molar-refractivity contribution in [3.8, 4) is 0 Å². The van der Waals surface area contributed by atoms with E-state index in [0.717, 1.165) is 32.7 Å². The summed E-state index contributed by atoms with van der Waals surface area (Å²) in [5, 5.41) is 11.1. The van der Waals surface area contributed by atoms with Crippen LogP contribution < -0.4 is 5.73 Å². The zero-order valence-corrected chi connectivity index (χ0v) is 9.02. The number of likely N-dealkylation sites (N-methyl/N-ethyl adjacent to an activating group) is 1. The summed E-state index contributed by atoms with van der Waals surface area (Å²) < 4.78 is 0. The molecule has 15 heavy (non-hydrogen) atoms. The number of hydrogen-bond acceptors (Lipinski definition) is 4. The third kappa shape index (κ3) is 3.39. The van der Waals surface area contributed by atoms with Gasteiger partial charge in [0.15, 0.2) is 0 Å². The van der Waals surface area contributed by atoms with Crippen LogP contribution in [0, 0.1) is 0 Å². The fourth-order valence-corrected chi connectivity index (χ4v) is 1.62. The van der Waals surface area contributed by atoms with Gasteiger partial charge in [-0.25, -0.2) is 0 Å². The Hall–Kier alpha value is -1.30. The van der Waals surface area contributed by atoms with E-state index in [2.05, 4.69) is 17.0 Å².